The van der Waals surface area contributed by atoms with Crippen LogP contribution in [0, 0.1) is 0 Å². The molecule has 0 fully saturated rings. The van der Waals surface area contributed by atoms with Gasteiger partial charge in [0.15, 0.2) is 0 Å². The Morgan fingerprint density at radius 1 is 1.14 bits per heavy atom. The van der Waals surface area contributed by atoms with Crippen LogP contribution >= 0.6 is 11.8 Å². The molecule has 0 amide bonds. The standard InChI is InChI=1S/C12H9NS/c1-3-7-11-9(5-1)13-10-6-2-4-8-12(10)14-11/h1-8,11H. The van der Waals surface area contributed by atoms with Gasteiger partial charge in [-0.25, -0.2) is 0 Å². The fourth-order valence-corrected chi connectivity index (χ4v) is 2.72. The average molecular weight is 199 g/mol. The Balaban J connectivity index is 2.13. The van der Waals surface area contributed by atoms with E-state index in [1.807, 2.05) is 23.9 Å². The number of allylic oxidation sites excluding steroid dienone is 3. The molecule has 68 valence electrons. The number of nitrogens with zero attached hydrogens (tertiary/aromatic N) is 1. The van der Waals surface area contributed by atoms with Crippen LogP contribution in [0.1, 0.15) is 0 Å². The predicted octanol–water partition coefficient (Wildman–Crippen LogP) is 3.36. The van der Waals surface area contributed by atoms with Crippen LogP contribution in [-0.2, 0) is 0 Å². The lowest BCUT2D eigenvalue weighted by molar-refractivity contribution is 1.29. The van der Waals surface area contributed by atoms with E-state index in [1.165, 1.54) is 4.90 Å². The third-order valence-corrected chi connectivity index (χ3v) is 3.58. The van der Waals surface area contributed by atoms with Gasteiger partial charge < -0.3 is 0 Å². The Labute approximate surface area is 87.2 Å². The van der Waals surface area contributed by atoms with Crippen molar-refractivity contribution in [2.75, 3.05) is 0 Å². The number of benzene rings is 1. The van der Waals surface area contributed by atoms with Crippen molar-refractivity contribution in [1.29, 1.82) is 0 Å². The van der Waals surface area contributed by atoms with Crippen LogP contribution in [0.5, 0.6) is 0 Å². The summed E-state index contributed by atoms with van der Waals surface area (Å²) in [6.45, 7) is 0. The molecule has 1 nitrogen and oxygen atoms in total. The highest BCUT2D eigenvalue weighted by molar-refractivity contribution is 8.01. The molecule has 3 rings (SSSR count). The summed E-state index contributed by atoms with van der Waals surface area (Å²) in [7, 11) is 0. The molecular formula is C12H9NS. The lowest BCUT2D eigenvalue weighted by Gasteiger charge is -2.21. The Bertz CT molecular complexity index is 457. The van der Waals surface area contributed by atoms with E-state index >= 15 is 0 Å². The third-order valence-electron chi connectivity index (χ3n) is 2.32. The lowest BCUT2D eigenvalue weighted by Crippen LogP contribution is -2.16. The lowest BCUT2D eigenvalue weighted by atomic mass is 10.1. The summed E-state index contributed by atoms with van der Waals surface area (Å²) in [6.07, 6.45) is 8.42. The van der Waals surface area contributed by atoms with E-state index in [1.54, 1.807) is 0 Å². The Hall–Kier alpha value is -1.28. The monoisotopic (exact) mass is 199 g/mol. The van der Waals surface area contributed by atoms with Gasteiger partial charge in [0.1, 0.15) is 0 Å². The number of para-hydroxylation sites is 1. The summed E-state index contributed by atoms with van der Waals surface area (Å²) in [5.74, 6) is 0. The van der Waals surface area contributed by atoms with Crippen molar-refractivity contribution in [1.82, 2.24) is 0 Å². The van der Waals surface area contributed by atoms with Gasteiger partial charge >= 0.3 is 0 Å². The van der Waals surface area contributed by atoms with Crippen LogP contribution in [0.3, 0.4) is 0 Å². The molecular weight excluding hydrogens is 190 g/mol. The highest BCUT2D eigenvalue weighted by atomic mass is 32.2. The summed E-state index contributed by atoms with van der Waals surface area (Å²) in [4.78, 5) is 5.90. The highest BCUT2D eigenvalue weighted by Crippen LogP contribution is 2.38. The highest BCUT2D eigenvalue weighted by Gasteiger charge is 2.20. The van der Waals surface area contributed by atoms with Gasteiger partial charge in [-0.05, 0) is 18.2 Å². The number of rotatable bonds is 0. The summed E-state index contributed by atoms with van der Waals surface area (Å²) in [5.41, 5.74) is 2.26. The summed E-state index contributed by atoms with van der Waals surface area (Å²) < 4.78 is 0. The van der Waals surface area contributed by atoms with Crippen molar-refractivity contribution >= 4 is 23.2 Å². The first-order valence-electron chi connectivity index (χ1n) is 4.63. The van der Waals surface area contributed by atoms with Gasteiger partial charge in [0.05, 0.1) is 16.6 Å². The molecule has 0 aromatic heterocycles. The fourth-order valence-electron chi connectivity index (χ4n) is 1.64. The molecule has 0 saturated heterocycles. The van der Waals surface area contributed by atoms with Crippen molar-refractivity contribution < 1.29 is 0 Å². The van der Waals surface area contributed by atoms with E-state index in [4.69, 9.17) is 0 Å². The number of fused-ring (bicyclic) bond motifs is 2. The molecule has 1 aromatic carbocycles. The zero-order valence-electron chi connectivity index (χ0n) is 7.55. The second-order valence-corrected chi connectivity index (χ2v) is 4.47. The molecule has 0 N–H and O–H groups in total. The van der Waals surface area contributed by atoms with Crippen LogP contribution in [0.25, 0.3) is 0 Å². The summed E-state index contributed by atoms with van der Waals surface area (Å²) >= 11 is 1.87. The molecule has 1 heterocycles. The fraction of sp³-hybridized carbons (Fsp3) is 0.0833. The smallest absolute Gasteiger partial charge is 0.0769 e. The minimum Gasteiger partial charge on any atom is -0.251 e. The molecule has 1 aliphatic heterocycles. The first-order chi connectivity index (χ1) is 6.93. The van der Waals surface area contributed by atoms with Gasteiger partial charge in [0, 0.05) is 4.90 Å². The van der Waals surface area contributed by atoms with Crippen LogP contribution in [0.4, 0.5) is 5.69 Å². The normalized spacial score (nSPS) is 22.6. The quantitative estimate of drug-likeness (QED) is 0.624. The number of aliphatic imine (C=N–C) groups is 1. The molecule has 2 aliphatic rings. The van der Waals surface area contributed by atoms with E-state index in [-0.39, 0.29) is 0 Å². The van der Waals surface area contributed by atoms with Crippen LogP contribution in [0.15, 0.2) is 58.5 Å². The second kappa shape index (κ2) is 3.14. The van der Waals surface area contributed by atoms with Crippen molar-refractivity contribution in [3.63, 3.8) is 0 Å². The third kappa shape index (κ3) is 1.23. The Morgan fingerprint density at radius 3 is 3.07 bits per heavy atom. The minimum absolute atomic E-state index is 0.412. The van der Waals surface area contributed by atoms with E-state index in [0.717, 1.165) is 11.4 Å². The average Bonchev–Trinajstić information content (AvgIpc) is 2.26. The molecule has 0 saturated carbocycles. The number of hydrogen-bond acceptors (Lipinski definition) is 2. The first kappa shape index (κ1) is 8.06. The number of thioether (sulfide) groups is 1. The van der Waals surface area contributed by atoms with Crippen molar-refractivity contribution in [3.05, 3.63) is 48.6 Å². The van der Waals surface area contributed by atoms with Crippen LogP contribution < -0.4 is 0 Å². The molecule has 1 unspecified atom stereocenters. The van der Waals surface area contributed by atoms with Crippen molar-refractivity contribution in [3.8, 4) is 0 Å². The Kier molecular flexibility index (Phi) is 1.81. The van der Waals surface area contributed by atoms with Gasteiger partial charge in [0.25, 0.3) is 0 Å². The van der Waals surface area contributed by atoms with E-state index < -0.39 is 0 Å². The molecule has 0 bridgehead atoms. The summed E-state index contributed by atoms with van der Waals surface area (Å²) in [5, 5.41) is 0.412. The second-order valence-electron chi connectivity index (χ2n) is 3.29. The Morgan fingerprint density at radius 2 is 2.07 bits per heavy atom. The molecule has 0 radical (unpaired) electrons. The van der Waals surface area contributed by atoms with Gasteiger partial charge in [-0.2, -0.15) is 0 Å². The van der Waals surface area contributed by atoms with Gasteiger partial charge in [-0.1, -0.05) is 30.4 Å². The maximum absolute atomic E-state index is 4.63. The largest absolute Gasteiger partial charge is 0.251 e. The molecule has 14 heavy (non-hydrogen) atoms. The maximum Gasteiger partial charge on any atom is 0.0769 e. The van der Waals surface area contributed by atoms with Gasteiger partial charge in [0.2, 0.25) is 0 Å². The van der Waals surface area contributed by atoms with E-state index in [2.05, 4.69) is 41.4 Å². The SMILES string of the molecule is C1=CC2=Nc3ccccc3SC2C=C1. The van der Waals surface area contributed by atoms with Crippen molar-refractivity contribution in [2.45, 2.75) is 10.1 Å². The predicted molar refractivity (Wildman–Crippen MR) is 61.5 cm³/mol. The zero-order chi connectivity index (χ0) is 9.38. The molecule has 1 atom stereocenters. The minimum atomic E-state index is 0.412. The van der Waals surface area contributed by atoms with Crippen LogP contribution in [-0.4, -0.2) is 11.0 Å². The number of hydrogen-bond donors (Lipinski definition) is 0. The van der Waals surface area contributed by atoms with E-state index in [9.17, 15) is 0 Å². The molecule has 1 aromatic rings. The maximum atomic E-state index is 4.63. The molecule has 1 aliphatic carbocycles. The zero-order valence-corrected chi connectivity index (χ0v) is 8.37. The van der Waals surface area contributed by atoms with E-state index in [0.29, 0.717) is 5.25 Å². The summed E-state index contributed by atoms with van der Waals surface area (Å²) in [6, 6.07) is 8.30. The van der Waals surface area contributed by atoms with Crippen molar-refractivity contribution in [2.24, 2.45) is 4.99 Å². The molecule has 0 spiro atoms. The molecule has 2 heteroatoms. The topological polar surface area (TPSA) is 12.4 Å². The van der Waals surface area contributed by atoms with Crippen LogP contribution in [0.2, 0.25) is 0 Å². The van der Waals surface area contributed by atoms with Gasteiger partial charge in [-0.3, -0.25) is 4.99 Å². The van der Waals surface area contributed by atoms with Gasteiger partial charge in [-0.15, -0.1) is 11.8 Å². The first-order valence-corrected chi connectivity index (χ1v) is 5.50.